The Labute approximate surface area is 205 Å². The molecule has 0 aliphatic carbocycles. The van der Waals surface area contributed by atoms with Gasteiger partial charge in [0.05, 0.1) is 18.5 Å². The number of nitrogens with zero attached hydrogens (tertiary/aromatic N) is 1. The van der Waals surface area contributed by atoms with E-state index in [1.54, 1.807) is 0 Å². The first-order valence-corrected chi connectivity index (χ1v) is 12.1. The lowest BCUT2D eigenvalue weighted by atomic mass is 10.1. The molecule has 1 aromatic heterocycles. The number of carbonyl (C=O) groups is 5. The lowest BCUT2D eigenvalue weighted by Gasteiger charge is -2.26. The van der Waals surface area contributed by atoms with Crippen LogP contribution in [-0.4, -0.2) is 97.2 Å². The molecule has 35 heavy (non-hydrogen) atoms. The Kier molecular flexibility index (Phi) is 12.8. The number of carboxylic acids is 2. The Morgan fingerprint density at radius 2 is 1.71 bits per heavy atom. The van der Waals surface area contributed by atoms with E-state index in [2.05, 4.69) is 25.9 Å². The Morgan fingerprint density at radius 3 is 2.23 bits per heavy atom. The molecule has 15 heteroatoms. The lowest BCUT2D eigenvalue weighted by molar-refractivity contribution is -0.143. The third-order valence-electron chi connectivity index (χ3n) is 4.91. The minimum Gasteiger partial charge on any atom is -0.481 e. The van der Waals surface area contributed by atoms with Gasteiger partial charge in [0.1, 0.15) is 18.1 Å². The fourth-order valence-electron chi connectivity index (χ4n) is 2.93. The molecular formula is C20H32N6O8S. The van der Waals surface area contributed by atoms with Gasteiger partial charge in [-0.2, -0.15) is 11.8 Å². The van der Waals surface area contributed by atoms with Crippen molar-refractivity contribution in [2.75, 3.05) is 12.0 Å². The Bertz CT molecular complexity index is 866. The van der Waals surface area contributed by atoms with Crippen LogP contribution in [0.4, 0.5) is 0 Å². The number of H-pyrrole nitrogens is 1. The standard InChI is InChI=1S/C20H32N6O8S/c1-10(27)16(26-17(30)12(21)5-6-35-2)19(32)25-14(7-11-8-22-9-23-11)18(31)24-13(20(33)34)3-4-15(28)29/h8-10,12-14,16,27H,3-7,21H2,1-2H3,(H,22,23)(H,24,31)(H,25,32)(H,26,30)(H,28,29)(H,33,34). The van der Waals surface area contributed by atoms with Crippen molar-refractivity contribution in [2.24, 2.45) is 5.73 Å². The van der Waals surface area contributed by atoms with E-state index in [1.807, 2.05) is 6.26 Å². The van der Waals surface area contributed by atoms with Crippen LogP contribution in [0.2, 0.25) is 0 Å². The number of aliphatic carboxylic acids is 2. The predicted molar refractivity (Wildman–Crippen MR) is 125 cm³/mol. The van der Waals surface area contributed by atoms with Crippen molar-refractivity contribution in [3.63, 3.8) is 0 Å². The summed E-state index contributed by atoms with van der Waals surface area (Å²) in [5, 5.41) is 35.2. The first-order valence-electron chi connectivity index (χ1n) is 10.7. The van der Waals surface area contributed by atoms with E-state index in [1.165, 1.54) is 31.2 Å². The number of amides is 3. The van der Waals surface area contributed by atoms with Gasteiger partial charge in [0.25, 0.3) is 0 Å². The molecular weight excluding hydrogens is 484 g/mol. The summed E-state index contributed by atoms with van der Waals surface area (Å²) >= 11 is 1.49. The number of nitrogens with one attached hydrogen (secondary N) is 4. The molecule has 5 unspecified atom stereocenters. The van der Waals surface area contributed by atoms with Crippen LogP contribution in [0.3, 0.4) is 0 Å². The molecule has 0 bridgehead atoms. The van der Waals surface area contributed by atoms with Crippen LogP contribution in [-0.2, 0) is 30.4 Å². The summed E-state index contributed by atoms with van der Waals surface area (Å²) in [4.78, 5) is 67.0. The van der Waals surface area contributed by atoms with Crippen LogP contribution >= 0.6 is 11.8 Å². The number of imidazole rings is 1. The Hall–Kier alpha value is -3.17. The van der Waals surface area contributed by atoms with Crippen LogP contribution < -0.4 is 21.7 Å². The minimum absolute atomic E-state index is 0.128. The van der Waals surface area contributed by atoms with Crippen molar-refractivity contribution in [3.05, 3.63) is 18.2 Å². The Balaban J connectivity index is 3.00. The lowest BCUT2D eigenvalue weighted by Crippen LogP contribution is -2.60. The highest BCUT2D eigenvalue weighted by atomic mass is 32.2. The maximum Gasteiger partial charge on any atom is 0.326 e. The van der Waals surface area contributed by atoms with Crippen LogP contribution in [0.5, 0.6) is 0 Å². The smallest absolute Gasteiger partial charge is 0.326 e. The summed E-state index contributed by atoms with van der Waals surface area (Å²) in [6.07, 6.45) is 2.58. The third kappa shape index (κ3) is 10.7. The van der Waals surface area contributed by atoms with Crippen molar-refractivity contribution in [3.8, 4) is 0 Å². The van der Waals surface area contributed by atoms with Crippen molar-refractivity contribution in [1.29, 1.82) is 0 Å². The van der Waals surface area contributed by atoms with E-state index in [0.717, 1.165) is 0 Å². The van der Waals surface area contributed by atoms with Crippen molar-refractivity contribution >= 4 is 41.4 Å². The fourth-order valence-corrected chi connectivity index (χ4v) is 3.42. The topological polar surface area (TPSA) is 237 Å². The molecule has 1 aromatic rings. The second-order valence-corrected chi connectivity index (χ2v) is 8.77. The van der Waals surface area contributed by atoms with Crippen molar-refractivity contribution < 1.29 is 39.3 Å². The van der Waals surface area contributed by atoms with Gasteiger partial charge in [-0.25, -0.2) is 9.78 Å². The molecule has 0 aliphatic rings. The second kappa shape index (κ2) is 15.0. The second-order valence-electron chi connectivity index (χ2n) is 7.79. The number of thioether (sulfide) groups is 1. The van der Waals surface area contributed by atoms with Gasteiger partial charge in [0, 0.05) is 24.7 Å². The quantitative estimate of drug-likeness (QED) is 0.117. The summed E-state index contributed by atoms with van der Waals surface area (Å²) in [5.41, 5.74) is 6.24. The number of nitrogens with two attached hydrogens (primary N) is 1. The maximum absolute atomic E-state index is 12.9. The highest BCUT2D eigenvalue weighted by molar-refractivity contribution is 7.98. The van der Waals surface area contributed by atoms with Gasteiger partial charge in [0.2, 0.25) is 17.7 Å². The van der Waals surface area contributed by atoms with Crippen molar-refractivity contribution in [2.45, 2.75) is 62.9 Å². The zero-order valence-electron chi connectivity index (χ0n) is 19.4. The molecule has 196 valence electrons. The maximum atomic E-state index is 12.9. The van der Waals surface area contributed by atoms with Gasteiger partial charge in [0.15, 0.2) is 0 Å². The van der Waals surface area contributed by atoms with E-state index >= 15 is 0 Å². The molecule has 0 saturated heterocycles. The molecule has 0 saturated carbocycles. The number of aromatic nitrogens is 2. The van der Waals surface area contributed by atoms with Gasteiger partial charge < -0.3 is 42.0 Å². The van der Waals surface area contributed by atoms with Gasteiger partial charge >= 0.3 is 11.9 Å². The van der Waals surface area contributed by atoms with Crippen LogP contribution in [0, 0.1) is 0 Å². The number of aliphatic hydroxyl groups is 1. The van der Waals surface area contributed by atoms with Gasteiger partial charge in [-0.3, -0.25) is 19.2 Å². The average molecular weight is 517 g/mol. The molecule has 5 atom stereocenters. The van der Waals surface area contributed by atoms with Gasteiger partial charge in [-0.05, 0) is 31.8 Å². The van der Waals surface area contributed by atoms with Crippen LogP contribution in [0.25, 0.3) is 0 Å². The molecule has 0 aromatic carbocycles. The number of hydrogen-bond donors (Lipinski definition) is 8. The van der Waals surface area contributed by atoms with Crippen molar-refractivity contribution in [1.82, 2.24) is 25.9 Å². The number of aliphatic hydroxyl groups excluding tert-OH is 1. The van der Waals surface area contributed by atoms with E-state index in [0.29, 0.717) is 17.9 Å². The molecule has 0 fully saturated rings. The summed E-state index contributed by atoms with van der Waals surface area (Å²) in [5.74, 6) is -4.53. The SMILES string of the molecule is CSCCC(N)C(=O)NC(C(=O)NC(Cc1cnc[nH]1)C(=O)NC(CCC(=O)O)C(=O)O)C(C)O. The number of carboxylic acid groups (broad SMARTS) is 2. The minimum atomic E-state index is -1.51. The fraction of sp³-hybridized carbons (Fsp3) is 0.600. The first kappa shape index (κ1) is 29.9. The zero-order chi connectivity index (χ0) is 26.5. The first-order chi connectivity index (χ1) is 16.5. The Morgan fingerprint density at radius 1 is 1.06 bits per heavy atom. The molecule has 0 spiro atoms. The zero-order valence-corrected chi connectivity index (χ0v) is 20.2. The summed E-state index contributed by atoms with van der Waals surface area (Å²) < 4.78 is 0. The number of aromatic amines is 1. The molecule has 9 N–H and O–H groups in total. The number of hydrogen-bond acceptors (Lipinski definition) is 9. The summed E-state index contributed by atoms with van der Waals surface area (Å²) in [6.45, 7) is 1.27. The molecule has 14 nitrogen and oxygen atoms in total. The number of carbonyl (C=O) groups excluding carboxylic acids is 3. The average Bonchev–Trinajstić information content (AvgIpc) is 3.30. The predicted octanol–water partition coefficient (Wildman–Crippen LogP) is -2.18. The molecule has 1 rings (SSSR count). The van der Waals surface area contributed by atoms with Crippen LogP contribution in [0.15, 0.2) is 12.5 Å². The van der Waals surface area contributed by atoms with Gasteiger partial charge in [-0.1, -0.05) is 0 Å². The van der Waals surface area contributed by atoms with E-state index in [-0.39, 0.29) is 12.8 Å². The molecule has 0 radical (unpaired) electrons. The van der Waals surface area contributed by atoms with Gasteiger partial charge in [-0.15, -0.1) is 0 Å². The normalized spacial score (nSPS) is 15.2. The number of rotatable bonds is 16. The molecule has 3 amide bonds. The van der Waals surface area contributed by atoms with E-state index in [4.69, 9.17) is 10.8 Å². The largest absolute Gasteiger partial charge is 0.481 e. The third-order valence-corrected chi connectivity index (χ3v) is 5.55. The monoisotopic (exact) mass is 516 g/mol. The highest BCUT2D eigenvalue weighted by Crippen LogP contribution is 2.05. The van der Waals surface area contributed by atoms with E-state index in [9.17, 15) is 34.2 Å². The molecule has 0 aliphatic heterocycles. The summed E-state index contributed by atoms with van der Waals surface area (Å²) in [6, 6.07) is -5.20. The summed E-state index contributed by atoms with van der Waals surface area (Å²) in [7, 11) is 0. The van der Waals surface area contributed by atoms with E-state index < -0.39 is 66.4 Å². The highest BCUT2D eigenvalue weighted by Gasteiger charge is 2.32. The van der Waals surface area contributed by atoms with Crippen LogP contribution in [0.1, 0.15) is 31.9 Å². The molecule has 1 heterocycles.